The monoisotopic (exact) mass is 262 g/mol. The van der Waals surface area contributed by atoms with Gasteiger partial charge in [-0.3, -0.25) is 4.79 Å². The Labute approximate surface area is 113 Å². The number of carbonyl (C=O) groups excluding carboxylic acids is 1. The summed E-state index contributed by atoms with van der Waals surface area (Å²) in [4.78, 5) is 14.7. The number of rotatable bonds is 3. The first-order valence-corrected chi connectivity index (χ1v) is 7.10. The van der Waals surface area contributed by atoms with Gasteiger partial charge in [0.2, 0.25) is 0 Å². The molecule has 0 bridgehead atoms. The van der Waals surface area contributed by atoms with Gasteiger partial charge < -0.3 is 20.5 Å². The predicted molar refractivity (Wildman–Crippen MR) is 75.1 cm³/mol. The fourth-order valence-electron chi connectivity index (χ4n) is 2.75. The van der Waals surface area contributed by atoms with Crippen LogP contribution in [-0.4, -0.2) is 41.6 Å². The lowest BCUT2D eigenvalue weighted by atomic mass is 10.1. The van der Waals surface area contributed by atoms with E-state index in [1.165, 1.54) is 0 Å². The Hall–Kier alpha value is -1.49. The minimum Gasteiger partial charge on any atom is -0.397 e. The summed E-state index contributed by atoms with van der Waals surface area (Å²) in [6.07, 6.45) is 6.26. The summed E-state index contributed by atoms with van der Waals surface area (Å²) in [6.45, 7) is 2.10. The normalized spacial score (nSPS) is 21.5. The van der Waals surface area contributed by atoms with Crippen molar-refractivity contribution in [3.8, 4) is 0 Å². The molecular weight excluding hydrogens is 240 g/mol. The first-order chi connectivity index (χ1) is 9.13. The number of aromatic nitrogens is 1. The molecule has 2 fully saturated rings. The molecule has 5 nitrogen and oxygen atoms in total. The number of carbonyl (C=O) groups is 1. The molecule has 3 N–H and O–H groups in total. The molecule has 1 saturated carbocycles. The van der Waals surface area contributed by atoms with Crippen molar-refractivity contribution in [3.63, 3.8) is 0 Å². The number of likely N-dealkylation sites (tertiary alicyclic amines) is 1. The van der Waals surface area contributed by atoms with Gasteiger partial charge in [0.15, 0.2) is 0 Å². The van der Waals surface area contributed by atoms with Crippen LogP contribution in [0.25, 0.3) is 0 Å². The van der Waals surface area contributed by atoms with Gasteiger partial charge in [-0.05, 0) is 51.9 Å². The first kappa shape index (κ1) is 12.5. The number of nitrogens with zero attached hydrogens (tertiary/aromatic N) is 2. The summed E-state index contributed by atoms with van der Waals surface area (Å²) >= 11 is 0. The van der Waals surface area contributed by atoms with Crippen LogP contribution in [0, 0.1) is 0 Å². The zero-order valence-electron chi connectivity index (χ0n) is 11.4. The van der Waals surface area contributed by atoms with E-state index in [9.17, 15) is 4.79 Å². The highest BCUT2D eigenvalue weighted by molar-refractivity contribution is 5.94. The average Bonchev–Trinajstić information content (AvgIpc) is 3.15. The van der Waals surface area contributed by atoms with E-state index in [4.69, 9.17) is 5.73 Å². The van der Waals surface area contributed by atoms with Gasteiger partial charge in [-0.25, -0.2) is 0 Å². The van der Waals surface area contributed by atoms with Crippen LogP contribution >= 0.6 is 0 Å². The Morgan fingerprint density at radius 2 is 2.00 bits per heavy atom. The highest BCUT2D eigenvalue weighted by atomic mass is 16.2. The zero-order chi connectivity index (χ0) is 13.4. The molecule has 1 amide bonds. The molecule has 0 radical (unpaired) electrons. The quantitative estimate of drug-likeness (QED) is 0.861. The molecule has 5 heteroatoms. The third-order valence-corrected chi connectivity index (χ3v) is 4.10. The Morgan fingerprint density at radius 1 is 1.32 bits per heavy atom. The number of piperidine rings is 1. The van der Waals surface area contributed by atoms with Crippen LogP contribution in [0.15, 0.2) is 12.3 Å². The van der Waals surface area contributed by atoms with Crippen LogP contribution < -0.4 is 11.1 Å². The molecule has 2 aliphatic rings. The molecule has 0 aromatic carbocycles. The molecule has 104 valence electrons. The van der Waals surface area contributed by atoms with Gasteiger partial charge in [0.1, 0.15) is 5.69 Å². The smallest absolute Gasteiger partial charge is 0.268 e. The molecule has 0 unspecified atom stereocenters. The van der Waals surface area contributed by atoms with Crippen molar-refractivity contribution in [2.75, 3.05) is 25.9 Å². The Balaban J connectivity index is 1.66. The van der Waals surface area contributed by atoms with Crippen LogP contribution in [-0.2, 0) is 0 Å². The zero-order valence-corrected chi connectivity index (χ0v) is 11.4. The predicted octanol–water partition coefficient (Wildman–Crippen LogP) is 1.23. The van der Waals surface area contributed by atoms with E-state index < -0.39 is 0 Å². The first-order valence-electron chi connectivity index (χ1n) is 7.10. The van der Waals surface area contributed by atoms with E-state index in [-0.39, 0.29) is 5.91 Å². The second kappa shape index (κ2) is 4.89. The number of anilines is 1. The molecular formula is C14H22N4O. The number of nitrogens with two attached hydrogens (primary N) is 1. The lowest BCUT2D eigenvalue weighted by molar-refractivity contribution is 0.0907. The summed E-state index contributed by atoms with van der Waals surface area (Å²) in [7, 11) is 2.12. The van der Waals surface area contributed by atoms with E-state index in [0.29, 0.717) is 17.8 Å². The molecule has 0 atom stereocenters. The van der Waals surface area contributed by atoms with Gasteiger partial charge in [0.25, 0.3) is 5.91 Å². The SMILES string of the molecule is CN1CCC(NC(=O)c2cc(N)cn2C2CC2)CC1. The largest absolute Gasteiger partial charge is 0.397 e. The summed E-state index contributed by atoms with van der Waals surface area (Å²) in [6, 6.07) is 2.57. The van der Waals surface area contributed by atoms with E-state index in [1.807, 2.05) is 10.8 Å². The van der Waals surface area contributed by atoms with E-state index in [1.54, 1.807) is 6.07 Å². The van der Waals surface area contributed by atoms with Gasteiger partial charge in [-0.1, -0.05) is 0 Å². The maximum Gasteiger partial charge on any atom is 0.268 e. The van der Waals surface area contributed by atoms with Gasteiger partial charge in [-0.15, -0.1) is 0 Å². The molecule has 1 aliphatic heterocycles. The van der Waals surface area contributed by atoms with Crippen molar-refractivity contribution in [2.24, 2.45) is 0 Å². The number of nitrogen functional groups attached to an aromatic ring is 1. The highest BCUT2D eigenvalue weighted by Gasteiger charge is 2.28. The fraction of sp³-hybridized carbons (Fsp3) is 0.643. The van der Waals surface area contributed by atoms with Crippen LogP contribution in [0.2, 0.25) is 0 Å². The van der Waals surface area contributed by atoms with Crippen molar-refractivity contribution in [1.82, 2.24) is 14.8 Å². The highest BCUT2D eigenvalue weighted by Crippen LogP contribution is 2.37. The molecule has 3 rings (SSSR count). The van der Waals surface area contributed by atoms with Gasteiger partial charge in [0.05, 0.1) is 5.69 Å². The van der Waals surface area contributed by atoms with Gasteiger partial charge >= 0.3 is 0 Å². The molecule has 1 aromatic heterocycles. The Morgan fingerprint density at radius 3 is 2.63 bits per heavy atom. The molecule has 1 saturated heterocycles. The van der Waals surface area contributed by atoms with Crippen LogP contribution in [0.4, 0.5) is 5.69 Å². The Bertz CT molecular complexity index is 470. The van der Waals surface area contributed by atoms with Crippen LogP contribution in [0.5, 0.6) is 0 Å². The van der Waals surface area contributed by atoms with Crippen molar-refractivity contribution in [1.29, 1.82) is 0 Å². The summed E-state index contributed by atoms with van der Waals surface area (Å²) in [5.41, 5.74) is 7.23. The maximum atomic E-state index is 12.4. The number of amides is 1. The van der Waals surface area contributed by atoms with Crippen LogP contribution in [0.3, 0.4) is 0 Å². The van der Waals surface area contributed by atoms with Gasteiger partial charge in [0, 0.05) is 18.3 Å². The number of hydrogen-bond donors (Lipinski definition) is 2. The van der Waals surface area contributed by atoms with E-state index in [0.717, 1.165) is 44.5 Å². The maximum absolute atomic E-state index is 12.4. The van der Waals surface area contributed by atoms with Gasteiger partial charge in [-0.2, -0.15) is 0 Å². The molecule has 2 heterocycles. The van der Waals surface area contributed by atoms with E-state index in [2.05, 4.69) is 17.3 Å². The van der Waals surface area contributed by atoms with Crippen LogP contribution in [0.1, 0.15) is 42.2 Å². The summed E-state index contributed by atoms with van der Waals surface area (Å²) < 4.78 is 2.04. The molecule has 0 spiro atoms. The topological polar surface area (TPSA) is 63.3 Å². The van der Waals surface area contributed by atoms with Crippen molar-refractivity contribution in [2.45, 2.75) is 37.8 Å². The lowest BCUT2D eigenvalue weighted by Gasteiger charge is -2.29. The van der Waals surface area contributed by atoms with Crippen molar-refractivity contribution >= 4 is 11.6 Å². The van der Waals surface area contributed by atoms with Crippen molar-refractivity contribution < 1.29 is 4.79 Å². The standard InChI is InChI=1S/C14H22N4O/c1-17-6-4-11(5-7-17)16-14(19)13-8-10(15)9-18(13)12-2-3-12/h8-9,11-12H,2-7,15H2,1H3,(H,16,19). The molecule has 19 heavy (non-hydrogen) atoms. The van der Waals surface area contributed by atoms with E-state index >= 15 is 0 Å². The summed E-state index contributed by atoms with van der Waals surface area (Å²) in [5.74, 6) is 0.0261. The lowest BCUT2D eigenvalue weighted by Crippen LogP contribution is -2.43. The Kier molecular flexibility index (Phi) is 3.22. The van der Waals surface area contributed by atoms with Crippen molar-refractivity contribution in [3.05, 3.63) is 18.0 Å². The number of nitrogens with one attached hydrogen (secondary N) is 1. The molecule has 1 aromatic rings. The third-order valence-electron chi connectivity index (χ3n) is 4.10. The average molecular weight is 262 g/mol. The third kappa shape index (κ3) is 2.76. The second-order valence-corrected chi connectivity index (χ2v) is 5.85. The molecule has 1 aliphatic carbocycles. The fourth-order valence-corrected chi connectivity index (χ4v) is 2.75. The summed E-state index contributed by atoms with van der Waals surface area (Å²) in [5, 5.41) is 3.15. The number of hydrogen-bond acceptors (Lipinski definition) is 3. The minimum atomic E-state index is 0.0261. The second-order valence-electron chi connectivity index (χ2n) is 5.85. The minimum absolute atomic E-state index is 0.0261.